The van der Waals surface area contributed by atoms with Crippen LogP contribution in [0.3, 0.4) is 0 Å². The van der Waals surface area contributed by atoms with Crippen LogP contribution in [0.2, 0.25) is 5.02 Å². The van der Waals surface area contributed by atoms with E-state index < -0.39 is 0 Å². The fourth-order valence-electron chi connectivity index (χ4n) is 3.54. The van der Waals surface area contributed by atoms with Crippen molar-refractivity contribution in [2.45, 2.75) is 6.67 Å². The van der Waals surface area contributed by atoms with Gasteiger partial charge in [0.15, 0.2) is 11.5 Å². The maximum Gasteiger partial charge on any atom is 0.288 e. The van der Waals surface area contributed by atoms with E-state index in [0.29, 0.717) is 60.8 Å². The Morgan fingerprint density at radius 2 is 1.75 bits per heavy atom. The highest BCUT2D eigenvalue weighted by Crippen LogP contribution is 2.31. The third-order valence-corrected chi connectivity index (χ3v) is 5.87. The third-order valence-electron chi connectivity index (χ3n) is 5.32. The van der Waals surface area contributed by atoms with Gasteiger partial charge in [-0.3, -0.25) is 9.69 Å². The smallest absolute Gasteiger partial charge is 0.288 e. The third kappa shape index (κ3) is 4.79. The zero-order valence-electron chi connectivity index (χ0n) is 17.8. The second-order valence-electron chi connectivity index (χ2n) is 7.30. The molecule has 0 saturated carbocycles. The van der Waals surface area contributed by atoms with Crippen molar-refractivity contribution in [1.82, 2.24) is 19.6 Å². The molecule has 1 aromatic heterocycles. The van der Waals surface area contributed by atoms with Crippen LogP contribution in [-0.2, 0) is 6.67 Å². The Morgan fingerprint density at radius 3 is 2.41 bits per heavy atom. The molecule has 1 amide bonds. The average Bonchev–Trinajstić information content (AvgIpc) is 3.19. The SMILES string of the molecule is COc1ccc(-c2nn(CN3CCN(C(=O)c4ccc(Cl)cc4)CC3)c(=S)o2)cc1OC. The second-order valence-corrected chi connectivity index (χ2v) is 8.09. The molecule has 3 aromatic rings. The number of carbonyl (C=O) groups is 1. The lowest BCUT2D eigenvalue weighted by atomic mass is 10.2. The molecular weight excluding hydrogens is 452 g/mol. The standard InChI is InChI=1S/C22H23ClN4O4S/c1-29-18-8-5-16(13-19(18)30-2)20-24-27(22(32)31-20)14-25-9-11-26(12-10-25)21(28)15-3-6-17(23)7-4-15/h3-8,13H,9-12,14H2,1-2H3. The second kappa shape index (κ2) is 9.72. The Balaban J connectivity index is 1.40. The van der Waals surface area contributed by atoms with Crippen molar-refractivity contribution < 1.29 is 18.7 Å². The topological polar surface area (TPSA) is 73.0 Å². The Labute approximate surface area is 195 Å². The zero-order valence-corrected chi connectivity index (χ0v) is 19.4. The van der Waals surface area contributed by atoms with Crippen LogP contribution in [0.4, 0.5) is 0 Å². The van der Waals surface area contributed by atoms with E-state index in [4.69, 9.17) is 37.7 Å². The quantitative estimate of drug-likeness (QED) is 0.500. The molecule has 1 saturated heterocycles. The number of amides is 1. The molecule has 168 valence electrons. The highest BCUT2D eigenvalue weighted by Gasteiger charge is 2.23. The minimum atomic E-state index is 0.00936. The van der Waals surface area contributed by atoms with E-state index in [0.717, 1.165) is 5.56 Å². The number of methoxy groups -OCH3 is 2. The number of carbonyl (C=O) groups excluding carboxylic acids is 1. The first-order chi connectivity index (χ1) is 15.5. The van der Waals surface area contributed by atoms with Crippen LogP contribution in [0.1, 0.15) is 10.4 Å². The lowest BCUT2D eigenvalue weighted by Gasteiger charge is -2.34. The predicted octanol–water partition coefficient (Wildman–Crippen LogP) is 3.96. The maximum atomic E-state index is 12.7. The van der Waals surface area contributed by atoms with Gasteiger partial charge in [0, 0.05) is 42.3 Å². The first-order valence-electron chi connectivity index (χ1n) is 10.1. The van der Waals surface area contributed by atoms with E-state index in [9.17, 15) is 4.79 Å². The van der Waals surface area contributed by atoms with Crippen molar-refractivity contribution in [1.29, 1.82) is 0 Å². The normalized spacial score (nSPS) is 14.4. The van der Waals surface area contributed by atoms with Crippen LogP contribution in [0.15, 0.2) is 46.9 Å². The van der Waals surface area contributed by atoms with Crippen molar-refractivity contribution in [3.8, 4) is 23.0 Å². The lowest BCUT2D eigenvalue weighted by molar-refractivity contribution is 0.0583. The van der Waals surface area contributed by atoms with E-state index in [2.05, 4.69) is 10.00 Å². The summed E-state index contributed by atoms with van der Waals surface area (Å²) in [7, 11) is 3.16. The van der Waals surface area contributed by atoms with Crippen LogP contribution < -0.4 is 9.47 Å². The van der Waals surface area contributed by atoms with Crippen LogP contribution in [0, 0.1) is 4.84 Å². The molecule has 2 aromatic carbocycles. The number of halogens is 1. The number of hydrogen-bond acceptors (Lipinski definition) is 7. The molecule has 0 N–H and O–H groups in total. The van der Waals surface area contributed by atoms with Gasteiger partial charge in [0.1, 0.15) is 0 Å². The van der Waals surface area contributed by atoms with Crippen molar-refractivity contribution in [3.05, 3.63) is 57.9 Å². The van der Waals surface area contributed by atoms with Crippen LogP contribution in [0.25, 0.3) is 11.5 Å². The average molecular weight is 475 g/mol. The minimum absolute atomic E-state index is 0.00936. The summed E-state index contributed by atoms with van der Waals surface area (Å²) in [5.74, 6) is 1.63. The molecule has 32 heavy (non-hydrogen) atoms. The van der Waals surface area contributed by atoms with Crippen LogP contribution >= 0.6 is 23.8 Å². The van der Waals surface area contributed by atoms with E-state index in [1.807, 2.05) is 11.0 Å². The number of nitrogens with zero attached hydrogens (tertiary/aromatic N) is 4. The highest BCUT2D eigenvalue weighted by atomic mass is 35.5. The molecule has 8 nitrogen and oxygen atoms in total. The highest BCUT2D eigenvalue weighted by molar-refractivity contribution is 7.71. The summed E-state index contributed by atoms with van der Waals surface area (Å²) in [4.78, 5) is 17.0. The summed E-state index contributed by atoms with van der Waals surface area (Å²) >= 11 is 11.3. The molecule has 0 unspecified atom stereocenters. The fourth-order valence-corrected chi connectivity index (χ4v) is 3.84. The number of piperazine rings is 1. The zero-order chi connectivity index (χ0) is 22.7. The Bertz CT molecular complexity index is 1150. The van der Waals surface area contributed by atoms with Crippen molar-refractivity contribution in [3.63, 3.8) is 0 Å². The van der Waals surface area contributed by atoms with Gasteiger partial charge in [-0.15, -0.1) is 5.10 Å². The van der Waals surface area contributed by atoms with Gasteiger partial charge < -0.3 is 18.8 Å². The summed E-state index contributed by atoms with van der Waals surface area (Å²) < 4.78 is 18.0. The number of benzene rings is 2. The maximum absolute atomic E-state index is 12.7. The largest absolute Gasteiger partial charge is 0.493 e. The van der Waals surface area contributed by atoms with Crippen LogP contribution in [-0.4, -0.2) is 65.9 Å². The lowest BCUT2D eigenvalue weighted by Crippen LogP contribution is -2.49. The molecule has 0 bridgehead atoms. The van der Waals surface area contributed by atoms with Gasteiger partial charge in [-0.25, -0.2) is 4.68 Å². The van der Waals surface area contributed by atoms with E-state index in [1.165, 1.54) is 0 Å². The van der Waals surface area contributed by atoms with Crippen LogP contribution in [0.5, 0.6) is 11.5 Å². The summed E-state index contributed by atoms with van der Waals surface area (Å²) in [6.07, 6.45) is 0. The van der Waals surface area contributed by atoms with Gasteiger partial charge in [-0.2, -0.15) is 0 Å². The summed E-state index contributed by atoms with van der Waals surface area (Å²) in [5, 5.41) is 5.14. The molecule has 1 aliphatic heterocycles. The molecule has 1 aliphatic rings. The van der Waals surface area contributed by atoms with Crippen molar-refractivity contribution >= 4 is 29.7 Å². The van der Waals surface area contributed by atoms with Gasteiger partial charge in [0.05, 0.1) is 20.9 Å². The number of aromatic nitrogens is 2. The predicted molar refractivity (Wildman–Crippen MR) is 123 cm³/mol. The summed E-state index contributed by atoms with van der Waals surface area (Å²) in [6.45, 7) is 3.14. The molecule has 0 aliphatic carbocycles. The first kappa shape index (κ1) is 22.3. The summed E-state index contributed by atoms with van der Waals surface area (Å²) in [6, 6.07) is 12.4. The number of ether oxygens (including phenoxy) is 2. The Morgan fingerprint density at radius 1 is 1.06 bits per heavy atom. The van der Waals surface area contributed by atoms with E-state index >= 15 is 0 Å². The molecule has 10 heteroatoms. The number of hydrogen-bond donors (Lipinski definition) is 0. The molecule has 0 spiro atoms. The van der Waals surface area contributed by atoms with Crippen molar-refractivity contribution in [2.24, 2.45) is 0 Å². The minimum Gasteiger partial charge on any atom is -0.493 e. The van der Waals surface area contributed by atoms with Gasteiger partial charge in [0.2, 0.25) is 5.89 Å². The molecule has 0 radical (unpaired) electrons. The van der Waals surface area contributed by atoms with Gasteiger partial charge in [-0.1, -0.05) is 11.6 Å². The Kier molecular flexibility index (Phi) is 6.78. The monoisotopic (exact) mass is 474 g/mol. The molecule has 4 rings (SSSR count). The fraction of sp³-hybridized carbons (Fsp3) is 0.318. The number of rotatable bonds is 6. The Hall–Kier alpha value is -2.88. The van der Waals surface area contributed by atoms with E-state index in [-0.39, 0.29) is 10.7 Å². The van der Waals surface area contributed by atoms with Crippen molar-refractivity contribution in [2.75, 3.05) is 40.4 Å². The molecule has 2 heterocycles. The van der Waals surface area contributed by atoms with Gasteiger partial charge >= 0.3 is 0 Å². The summed E-state index contributed by atoms with van der Waals surface area (Å²) in [5.41, 5.74) is 1.38. The molecule has 0 atom stereocenters. The van der Waals surface area contributed by atoms with E-state index in [1.54, 1.807) is 55.3 Å². The van der Waals surface area contributed by atoms with Gasteiger partial charge in [0.25, 0.3) is 10.7 Å². The van der Waals surface area contributed by atoms with Gasteiger partial charge in [-0.05, 0) is 54.7 Å². The first-order valence-corrected chi connectivity index (χ1v) is 10.8. The molecular formula is C22H23ClN4O4S. The molecule has 1 fully saturated rings.